The minimum Gasteiger partial charge on any atom is -0.371 e. The lowest BCUT2D eigenvalue weighted by Gasteiger charge is -2.41. The van der Waals surface area contributed by atoms with E-state index in [4.69, 9.17) is 5.73 Å². The van der Waals surface area contributed by atoms with Gasteiger partial charge >= 0.3 is 0 Å². The molecule has 2 rings (SSSR count). The summed E-state index contributed by atoms with van der Waals surface area (Å²) >= 11 is 1.90. The molecule has 0 radical (unpaired) electrons. The first-order valence-corrected chi connectivity index (χ1v) is 7.93. The van der Waals surface area contributed by atoms with Crippen LogP contribution in [0.4, 0.5) is 11.4 Å². The second-order valence-corrected chi connectivity index (χ2v) is 5.76. The number of benzene rings is 1. The van der Waals surface area contributed by atoms with Crippen molar-refractivity contribution < 1.29 is 0 Å². The smallest absolute Gasteiger partial charge is 0.0607 e. The number of thioether (sulfide) groups is 1. The van der Waals surface area contributed by atoms with Crippen molar-refractivity contribution in [3.63, 3.8) is 0 Å². The maximum atomic E-state index is 5.97. The van der Waals surface area contributed by atoms with E-state index in [0.29, 0.717) is 6.04 Å². The standard InChI is InChI=1S/C14H23N3S/c1-16-8-9-17(12(11-15)7-10-18-2)14-6-4-3-5-13(14)16/h3-6,12H,7-11,15H2,1-2H3. The maximum Gasteiger partial charge on any atom is 0.0607 e. The molecule has 0 saturated heterocycles. The molecule has 1 aromatic carbocycles. The Hall–Kier alpha value is -0.870. The summed E-state index contributed by atoms with van der Waals surface area (Å²) < 4.78 is 0. The Kier molecular flexibility index (Phi) is 4.78. The fourth-order valence-electron chi connectivity index (χ4n) is 2.56. The van der Waals surface area contributed by atoms with Crippen molar-refractivity contribution >= 4 is 23.1 Å². The number of hydrogen-bond donors (Lipinski definition) is 1. The number of nitrogens with zero attached hydrogens (tertiary/aromatic N) is 2. The number of fused-ring (bicyclic) bond motifs is 1. The van der Waals surface area contributed by atoms with Crippen LogP contribution in [0.1, 0.15) is 6.42 Å². The van der Waals surface area contributed by atoms with Crippen LogP contribution in [0.2, 0.25) is 0 Å². The van der Waals surface area contributed by atoms with Crippen LogP contribution >= 0.6 is 11.8 Å². The SMILES string of the molecule is CSCCC(CN)N1CCN(C)c2ccccc21. The van der Waals surface area contributed by atoms with Crippen LogP contribution in [0.15, 0.2) is 24.3 Å². The highest BCUT2D eigenvalue weighted by Gasteiger charge is 2.24. The van der Waals surface area contributed by atoms with E-state index in [-0.39, 0.29) is 0 Å². The number of hydrogen-bond acceptors (Lipinski definition) is 4. The van der Waals surface area contributed by atoms with Gasteiger partial charge in [0, 0.05) is 32.7 Å². The Balaban J connectivity index is 2.21. The molecule has 0 bridgehead atoms. The predicted molar refractivity (Wildman–Crippen MR) is 82.9 cm³/mol. The summed E-state index contributed by atoms with van der Waals surface area (Å²) in [6.45, 7) is 2.88. The summed E-state index contributed by atoms with van der Waals surface area (Å²) in [5.41, 5.74) is 8.63. The highest BCUT2D eigenvalue weighted by Crippen LogP contribution is 2.33. The molecule has 100 valence electrons. The fourth-order valence-corrected chi connectivity index (χ4v) is 3.07. The molecule has 0 aliphatic carbocycles. The molecular weight excluding hydrogens is 242 g/mol. The number of likely N-dealkylation sites (N-methyl/N-ethyl adjacent to an activating group) is 1. The molecule has 1 unspecified atom stereocenters. The summed E-state index contributed by atoms with van der Waals surface area (Å²) in [6, 6.07) is 9.11. The third-order valence-electron chi connectivity index (χ3n) is 3.65. The van der Waals surface area contributed by atoms with Gasteiger partial charge in [-0.1, -0.05) is 12.1 Å². The molecule has 4 heteroatoms. The van der Waals surface area contributed by atoms with E-state index in [2.05, 4.69) is 47.4 Å². The molecule has 0 aromatic heterocycles. The van der Waals surface area contributed by atoms with Gasteiger partial charge in [-0.2, -0.15) is 11.8 Å². The summed E-state index contributed by atoms with van der Waals surface area (Å²) in [4.78, 5) is 4.82. The third kappa shape index (κ3) is 2.75. The van der Waals surface area contributed by atoms with Gasteiger partial charge in [-0.05, 0) is 30.6 Å². The van der Waals surface area contributed by atoms with Crippen molar-refractivity contribution in [2.24, 2.45) is 5.73 Å². The van der Waals surface area contributed by atoms with Crippen molar-refractivity contribution in [1.82, 2.24) is 0 Å². The number of rotatable bonds is 5. The summed E-state index contributed by atoms with van der Waals surface area (Å²) in [7, 11) is 2.16. The van der Waals surface area contributed by atoms with Gasteiger partial charge in [-0.3, -0.25) is 0 Å². The Labute approximate surface area is 114 Å². The van der Waals surface area contributed by atoms with E-state index >= 15 is 0 Å². The molecule has 0 spiro atoms. The first-order valence-electron chi connectivity index (χ1n) is 6.53. The number of nitrogens with two attached hydrogens (primary N) is 1. The van der Waals surface area contributed by atoms with E-state index in [1.807, 2.05) is 11.8 Å². The van der Waals surface area contributed by atoms with Crippen molar-refractivity contribution in [3.8, 4) is 0 Å². The lowest BCUT2D eigenvalue weighted by Crippen LogP contribution is -2.48. The zero-order valence-corrected chi connectivity index (χ0v) is 12.1. The quantitative estimate of drug-likeness (QED) is 0.883. The Bertz CT molecular complexity index is 383. The van der Waals surface area contributed by atoms with Crippen LogP contribution in [0.25, 0.3) is 0 Å². The highest BCUT2D eigenvalue weighted by molar-refractivity contribution is 7.98. The molecule has 0 saturated carbocycles. The van der Waals surface area contributed by atoms with Gasteiger partial charge < -0.3 is 15.5 Å². The zero-order chi connectivity index (χ0) is 13.0. The molecule has 18 heavy (non-hydrogen) atoms. The van der Waals surface area contributed by atoms with Gasteiger partial charge in [0.05, 0.1) is 11.4 Å². The fraction of sp³-hybridized carbons (Fsp3) is 0.571. The largest absolute Gasteiger partial charge is 0.371 e. The minimum absolute atomic E-state index is 0.465. The van der Waals surface area contributed by atoms with Gasteiger partial charge in [0.25, 0.3) is 0 Å². The van der Waals surface area contributed by atoms with Gasteiger partial charge in [-0.15, -0.1) is 0 Å². The molecule has 3 nitrogen and oxygen atoms in total. The molecule has 1 aromatic rings. The van der Waals surface area contributed by atoms with Crippen molar-refractivity contribution in [3.05, 3.63) is 24.3 Å². The molecule has 0 amide bonds. The minimum atomic E-state index is 0.465. The van der Waals surface area contributed by atoms with Gasteiger partial charge in [0.15, 0.2) is 0 Å². The Morgan fingerprint density at radius 2 is 2.00 bits per heavy atom. The van der Waals surface area contributed by atoms with E-state index in [9.17, 15) is 0 Å². The average molecular weight is 265 g/mol. The summed E-state index contributed by atoms with van der Waals surface area (Å²) in [6.07, 6.45) is 3.32. The first-order chi connectivity index (χ1) is 8.77. The zero-order valence-electron chi connectivity index (χ0n) is 11.3. The van der Waals surface area contributed by atoms with Crippen molar-refractivity contribution in [2.75, 3.05) is 48.5 Å². The highest BCUT2D eigenvalue weighted by atomic mass is 32.2. The number of para-hydroxylation sites is 2. The molecule has 1 heterocycles. The van der Waals surface area contributed by atoms with Crippen LogP contribution in [0.3, 0.4) is 0 Å². The van der Waals surface area contributed by atoms with Crippen LogP contribution in [0, 0.1) is 0 Å². The second kappa shape index (κ2) is 6.34. The van der Waals surface area contributed by atoms with Gasteiger partial charge in [-0.25, -0.2) is 0 Å². The number of anilines is 2. The molecule has 1 aliphatic rings. The maximum absolute atomic E-state index is 5.97. The third-order valence-corrected chi connectivity index (χ3v) is 4.29. The van der Waals surface area contributed by atoms with Crippen LogP contribution in [-0.2, 0) is 0 Å². The Morgan fingerprint density at radius 3 is 2.67 bits per heavy atom. The first kappa shape index (κ1) is 13.6. The molecule has 1 atom stereocenters. The molecule has 0 fully saturated rings. The molecule has 1 aliphatic heterocycles. The Morgan fingerprint density at radius 1 is 1.28 bits per heavy atom. The average Bonchev–Trinajstić information content (AvgIpc) is 2.42. The van der Waals surface area contributed by atoms with E-state index in [1.54, 1.807) is 0 Å². The van der Waals surface area contributed by atoms with E-state index < -0.39 is 0 Å². The van der Waals surface area contributed by atoms with E-state index in [0.717, 1.165) is 26.1 Å². The van der Waals surface area contributed by atoms with E-state index in [1.165, 1.54) is 17.1 Å². The van der Waals surface area contributed by atoms with Crippen LogP contribution in [0.5, 0.6) is 0 Å². The monoisotopic (exact) mass is 265 g/mol. The summed E-state index contributed by atoms with van der Waals surface area (Å²) in [5, 5.41) is 0. The van der Waals surface area contributed by atoms with Gasteiger partial charge in [0.2, 0.25) is 0 Å². The van der Waals surface area contributed by atoms with Crippen molar-refractivity contribution in [1.29, 1.82) is 0 Å². The summed E-state index contributed by atoms with van der Waals surface area (Å²) in [5.74, 6) is 1.18. The van der Waals surface area contributed by atoms with Crippen molar-refractivity contribution in [2.45, 2.75) is 12.5 Å². The van der Waals surface area contributed by atoms with Gasteiger partial charge in [0.1, 0.15) is 0 Å². The van der Waals surface area contributed by atoms with Crippen LogP contribution in [-0.4, -0.2) is 44.7 Å². The normalized spacial score (nSPS) is 16.6. The second-order valence-electron chi connectivity index (χ2n) is 4.77. The predicted octanol–water partition coefficient (Wildman–Crippen LogP) is 2.02. The molecule has 2 N–H and O–H groups in total. The topological polar surface area (TPSA) is 32.5 Å². The van der Waals surface area contributed by atoms with Crippen LogP contribution < -0.4 is 15.5 Å². The lowest BCUT2D eigenvalue weighted by atomic mass is 10.1. The molecular formula is C14H23N3S. The lowest BCUT2D eigenvalue weighted by molar-refractivity contribution is 0.573.